The lowest BCUT2D eigenvalue weighted by Crippen LogP contribution is -2.53. The maximum Gasteiger partial charge on any atom is 0.244 e. The topological polar surface area (TPSA) is 86.8 Å². The first kappa shape index (κ1) is 29.2. The third-order valence-corrected chi connectivity index (χ3v) is 7.41. The van der Waals surface area contributed by atoms with Gasteiger partial charge in [0.05, 0.1) is 11.9 Å². The van der Waals surface area contributed by atoms with Crippen molar-refractivity contribution in [2.24, 2.45) is 0 Å². The molecule has 9 heteroatoms. The van der Waals surface area contributed by atoms with E-state index in [1.807, 2.05) is 68.4 Å². The molecule has 3 aromatic rings. The van der Waals surface area contributed by atoms with Crippen LogP contribution in [0.25, 0.3) is 0 Å². The first-order valence-electron chi connectivity index (χ1n) is 12.5. The highest BCUT2D eigenvalue weighted by Crippen LogP contribution is 2.23. The van der Waals surface area contributed by atoms with Crippen LogP contribution >= 0.6 is 11.6 Å². The Morgan fingerprint density at radius 2 is 1.63 bits per heavy atom. The summed E-state index contributed by atoms with van der Waals surface area (Å²) in [6.07, 6.45) is 2.07. The zero-order valence-corrected chi connectivity index (χ0v) is 23.5. The molecule has 1 atom stereocenters. The van der Waals surface area contributed by atoms with Crippen LogP contribution in [-0.4, -0.2) is 50.5 Å². The minimum absolute atomic E-state index is 0.144. The van der Waals surface area contributed by atoms with E-state index in [-0.39, 0.29) is 24.6 Å². The van der Waals surface area contributed by atoms with Crippen LogP contribution in [0.2, 0.25) is 5.02 Å². The van der Waals surface area contributed by atoms with Crippen molar-refractivity contribution in [3.05, 3.63) is 101 Å². The van der Waals surface area contributed by atoms with Crippen LogP contribution in [0.1, 0.15) is 30.0 Å². The quantitative estimate of drug-likeness (QED) is 0.354. The summed E-state index contributed by atoms with van der Waals surface area (Å²) < 4.78 is 26.6. The number of nitrogens with one attached hydrogen (secondary N) is 1. The number of benzene rings is 3. The predicted octanol–water partition coefficient (Wildman–Crippen LogP) is 4.58. The van der Waals surface area contributed by atoms with Crippen LogP contribution in [0.3, 0.4) is 0 Å². The van der Waals surface area contributed by atoms with Gasteiger partial charge < -0.3 is 10.2 Å². The van der Waals surface area contributed by atoms with Gasteiger partial charge in [0.1, 0.15) is 12.6 Å². The lowest BCUT2D eigenvalue weighted by molar-refractivity contribution is -0.140. The minimum Gasteiger partial charge on any atom is -0.354 e. The Labute approximate surface area is 230 Å². The summed E-state index contributed by atoms with van der Waals surface area (Å²) in [7, 11) is -3.84. The molecule has 0 saturated heterocycles. The van der Waals surface area contributed by atoms with E-state index < -0.39 is 28.5 Å². The summed E-state index contributed by atoms with van der Waals surface area (Å²) in [5.41, 5.74) is 3.02. The first-order chi connectivity index (χ1) is 18.1. The summed E-state index contributed by atoms with van der Waals surface area (Å²) in [6, 6.07) is 22.6. The Hall–Kier alpha value is -3.36. The van der Waals surface area contributed by atoms with Gasteiger partial charge in [-0.2, -0.15) is 0 Å². The standard InChI is InChI=1S/C29H34ClN3O4S/c1-4-16-31-29(35)27(18-23-11-6-5-7-12-23)32(20-24-13-8-10-22(2)17-24)28(34)21-33(38(3,36)37)26-15-9-14-25(30)19-26/h5-15,17,19,27H,4,16,18,20-21H2,1-3H3,(H,31,35)/t27-/m0/s1. The Balaban J connectivity index is 2.04. The fourth-order valence-corrected chi connectivity index (χ4v) is 5.20. The number of carbonyl (C=O) groups excluding carboxylic acids is 2. The van der Waals surface area contributed by atoms with E-state index in [9.17, 15) is 18.0 Å². The van der Waals surface area contributed by atoms with Crippen molar-refractivity contribution < 1.29 is 18.0 Å². The largest absolute Gasteiger partial charge is 0.354 e. The minimum atomic E-state index is -3.84. The predicted molar refractivity (Wildman–Crippen MR) is 153 cm³/mol. The van der Waals surface area contributed by atoms with E-state index in [2.05, 4.69) is 5.32 Å². The molecule has 7 nitrogen and oxygen atoms in total. The van der Waals surface area contributed by atoms with Crippen molar-refractivity contribution in [2.75, 3.05) is 23.7 Å². The fraction of sp³-hybridized carbons (Fsp3) is 0.310. The van der Waals surface area contributed by atoms with E-state index in [4.69, 9.17) is 11.6 Å². The molecule has 3 rings (SSSR count). The van der Waals surface area contributed by atoms with Crippen molar-refractivity contribution >= 4 is 39.1 Å². The maximum atomic E-state index is 14.0. The van der Waals surface area contributed by atoms with Crippen molar-refractivity contribution in [2.45, 2.75) is 39.3 Å². The molecule has 3 aromatic carbocycles. The van der Waals surface area contributed by atoms with Crippen molar-refractivity contribution in [1.29, 1.82) is 0 Å². The zero-order valence-electron chi connectivity index (χ0n) is 21.9. The number of aryl methyl sites for hydroxylation is 1. The average molecular weight is 556 g/mol. The molecule has 0 aliphatic carbocycles. The zero-order chi connectivity index (χ0) is 27.7. The van der Waals surface area contributed by atoms with Crippen LogP contribution in [0, 0.1) is 6.92 Å². The van der Waals surface area contributed by atoms with Gasteiger partial charge in [-0.3, -0.25) is 13.9 Å². The molecule has 0 heterocycles. The van der Waals surface area contributed by atoms with Crippen molar-refractivity contribution in [3.8, 4) is 0 Å². The van der Waals surface area contributed by atoms with Gasteiger partial charge in [0.2, 0.25) is 21.8 Å². The van der Waals surface area contributed by atoms with Gasteiger partial charge in [-0.15, -0.1) is 0 Å². The number of hydrogen-bond acceptors (Lipinski definition) is 4. The van der Waals surface area contributed by atoms with Crippen LogP contribution in [-0.2, 0) is 32.6 Å². The van der Waals surface area contributed by atoms with E-state index in [0.717, 1.165) is 33.7 Å². The molecule has 0 unspecified atom stereocenters. The number of rotatable bonds is 12. The van der Waals surface area contributed by atoms with Crippen molar-refractivity contribution in [3.63, 3.8) is 0 Å². The molecule has 2 amide bonds. The highest BCUT2D eigenvalue weighted by molar-refractivity contribution is 7.92. The second-order valence-electron chi connectivity index (χ2n) is 9.26. The van der Waals surface area contributed by atoms with Gasteiger partial charge in [0, 0.05) is 24.5 Å². The monoisotopic (exact) mass is 555 g/mol. The number of hydrogen-bond donors (Lipinski definition) is 1. The van der Waals surface area contributed by atoms with Gasteiger partial charge in [0.15, 0.2) is 0 Å². The summed E-state index contributed by atoms with van der Waals surface area (Å²) in [6.45, 7) is 4.04. The van der Waals surface area contributed by atoms with E-state index >= 15 is 0 Å². The number of halogens is 1. The lowest BCUT2D eigenvalue weighted by Gasteiger charge is -2.33. The molecular formula is C29H34ClN3O4S. The number of nitrogens with zero attached hydrogens (tertiary/aromatic N) is 2. The maximum absolute atomic E-state index is 14.0. The van der Waals surface area contributed by atoms with Crippen molar-refractivity contribution in [1.82, 2.24) is 10.2 Å². The molecule has 0 fully saturated rings. The highest BCUT2D eigenvalue weighted by atomic mass is 35.5. The smallest absolute Gasteiger partial charge is 0.244 e. The SMILES string of the molecule is CCCNC(=O)[C@H](Cc1ccccc1)N(Cc1cccc(C)c1)C(=O)CN(c1cccc(Cl)c1)S(C)(=O)=O. The van der Waals surface area contributed by atoms with Gasteiger partial charge in [-0.1, -0.05) is 84.8 Å². The number of anilines is 1. The Kier molecular flexibility index (Phi) is 10.3. The second-order valence-corrected chi connectivity index (χ2v) is 11.6. The molecule has 0 aliphatic rings. The average Bonchev–Trinajstić information content (AvgIpc) is 2.87. The third kappa shape index (κ3) is 8.33. The molecule has 38 heavy (non-hydrogen) atoms. The van der Waals surface area contributed by atoms with E-state index in [0.29, 0.717) is 11.6 Å². The van der Waals surface area contributed by atoms with Crippen LogP contribution in [0.15, 0.2) is 78.9 Å². The first-order valence-corrected chi connectivity index (χ1v) is 14.7. The van der Waals surface area contributed by atoms with Gasteiger partial charge in [-0.25, -0.2) is 8.42 Å². The summed E-state index contributed by atoms with van der Waals surface area (Å²) in [5, 5.41) is 3.27. The van der Waals surface area contributed by atoms with Gasteiger partial charge in [0.25, 0.3) is 0 Å². The molecule has 0 aliphatic heterocycles. The van der Waals surface area contributed by atoms with Gasteiger partial charge >= 0.3 is 0 Å². The molecular weight excluding hydrogens is 522 g/mol. The Bertz CT molecular complexity index is 1350. The van der Waals surface area contributed by atoms with Crippen LogP contribution in [0.5, 0.6) is 0 Å². The number of sulfonamides is 1. The molecule has 202 valence electrons. The Morgan fingerprint density at radius 3 is 2.26 bits per heavy atom. The van der Waals surface area contributed by atoms with Crippen LogP contribution < -0.4 is 9.62 Å². The highest BCUT2D eigenvalue weighted by Gasteiger charge is 2.33. The third-order valence-electron chi connectivity index (χ3n) is 6.03. The fourth-order valence-electron chi connectivity index (χ4n) is 4.17. The summed E-state index contributed by atoms with van der Waals surface area (Å²) in [4.78, 5) is 28.9. The molecule has 0 radical (unpaired) electrons. The number of carbonyl (C=O) groups is 2. The molecule has 0 spiro atoms. The van der Waals surface area contributed by atoms with Crippen LogP contribution in [0.4, 0.5) is 5.69 Å². The Morgan fingerprint density at radius 1 is 0.947 bits per heavy atom. The molecule has 0 aromatic heterocycles. The van der Waals surface area contributed by atoms with E-state index in [1.54, 1.807) is 18.2 Å². The lowest BCUT2D eigenvalue weighted by atomic mass is 10.0. The molecule has 0 bridgehead atoms. The summed E-state index contributed by atoms with van der Waals surface area (Å²) >= 11 is 6.12. The van der Waals surface area contributed by atoms with E-state index in [1.165, 1.54) is 11.0 Å². The second kappa shape index (κ2) is 13.4. The molecule has 1 N–H and O–H groups in total. The van der Waals surface area contributed by atoms with Gasteiger partial charge in [-0.05, 0) is 42.7 Å². The normalized spacial score (nSPS) is 12.0. The summed E-state index contributed by atoms with van der Waals surface area (Å²) in [5.74, 6) is -0.783. The number of amides is 2. The molecule has 0 saturated carbocycles.